The zero-order valence-electron chi connectivity index (χ0n) is 14.0. The van der Waals surface area contributed by atoms with Crippen molar-refractivity contribution in [1.29, 1.82) is 0 Å². The smallest absolute Gasteiger partial charge is 0.258 e. The van der Waals surface area contributed by atoms with Gasteiger partial charge in [0.2, 0.25) is 0 Å². The molecule has 1 amide bonds. The molecule has 24 heavy (non-hydrogen) atoms. The molecule has 1 aromatic carbocycles. The van der Waals surface area contributed by atoms with Gasteiger partial charge in [-0.15, -0.1) is 23.5 Å². The zero-order valence-corrected chi connectivity index (χ0v) is 15.6. The van der Waals surface area contributed by atoms with Crippen molar-refractivity contribution in [3.8, 4) is 5.75 Å². The molecule has 2 aliphatic rings. The van der Waals surface area contributed by atoms with Gasteiger partial charge in [-0.1, -0.05) is 25.0 Å². The van der Waals surface area contributed by atoms with Gasteiger partial charge in [0.05, 0.1) is 10.1 Å². The first kappa shape index (κ1) is 18.0. The van der Waals surface area contributed by atoms with Crippen molar-refractivity contribution in [3.63, 3.8) is 0 Å². The number of hydrogen-bond acceptors (Lipinski definition) is 5. The van der Waals surface area contributed by atoms with Crippen LogP contribution in [0.2, 0.25) is 0 Å². The Morgan fingerprint density at radius 2 is 1.83 bits per heavy atom. The maximum Gasteiger partial charge on any atom is 0.258 e. The minimum absolute atomic E-state index is 0.0496. The lowest BCUT2D eigenvalue weighted by atomic mass is 9.98. The Morgan fingerprint density at radius 3 is 2.46 bits per heavy atom. The fourth-order valence-electron chi connectivity index (χ4n) is 3.31. The second-order valence-corrected chi connectivity index (χ2v) is 9.25. The highest BCUT2D eigenvalue weighted by Crippen LogP contribution is 2.43. The Kier molecular flexibility index (Phi) is 6.36. The largest absolute Gasteiger partial charge is 0.484 e. The van der Waals surface area contributed by atoms with Crippen LogP contribution in [-0.2, 0) is 4.79 Å². The molecular formula is C18H26N2O2S2. The summed E-state index contributed by atoms with van der Waals surface area (Å²) in [5.74, 6) is 3.13. The van der Waals surface area contributed by atoms with Crippen molar-refractivity contribution in [2.45, 2.75) is 42.2 Å². The first-order chi connectivity index (χ1) is 11.7. The molecule has 1 heterocycles. The molecule has 1 saturated carbocycles. The third-order valence-electron chi connectivity index (χ3n) is 4.71. The fraction of sp³-hybridized carbons (Fsp3) is 0.611. The molecule has 1 aliphatic heterocycles. The van der Waals surface area contributed by atoms with Gasteiger partial charge in [0, 0.05) is 6.54 Å². The van der Waals surface area contributed by atoms with Crippen LogP contribution in [0.25, 0.3) is 0 Å². The van der Waals surface area contributed by atoms with Gasteiger partial charge in [-0.2, -0.15) is 0 Å². The second kappa shape index (κ2) is 8.50. The first-order valence-electron chi connectivity index (χ1n) is 8.68. The maximum absolute atomic E-state index is 12.2. The second-order valence-electron chi connectivity index (χ2n) is 6.52. The lowest BCUT2D eigenvalue weighted by Crippen LogP contribution is -2.52. The molecule has 0 radical (unpaired) electrons. The van der Waals surface area contributed by atoms with Gasteiger partial charge in [0.1, 0.15) is 5.75 Å². The summed E-state index contributed by atoms with van der Waals surface area (Å²) in [4.78, 5) is 12.2. The molecule has 0 unspecified atom stereocenters. The van der Waals surface area contributed by atoms with Gasteiger partial charge in [-0.25, -0.2) is 0 Å². The standard InChI is InChI=1S/C18H26N2O2S2/c19-13-18(8-1-2-9-18)20-16(21)12-22-15-6-4-14(5-7-15)17-23-10-3-11-24-17/h4-7,17H,1-3,8-13,19H2,(H,20,21). The molecule has 1 saturated heterocycles. The number of nitrogens with two attached hydrogens (primary N) is 1. The first-order valence-corrected chi connectivity index (χ1v) is 10.8. The number of rotatable bonds is 6. The van der Waals surface area contributed by atoms with Crippen molar-refractivity contribution in [2.75, 3.05) is 24.7 Å². The number of amides is 1. The average molecular weight is 367 g/mol. The Hall–Kier alpha value is -0.850. The molecule has 1 aliphatic carbocycles. The molecule has 3 N–H and O–H groups in total. The molecule has 3 rings (SSSR count). The number of nitrogens with one attached hydrogen (secondary N) is 1. The lowest BCUT2D eigenvalue weighted by Gasteiger charge is -2.28. The highest BCUT2D eigenvalue weighted by Gasteiger charge is 2.33. The van der Waals surface area contributed by atoms with Gasteiger partial charge in [-0.05, 0) is 48.5 Å². The van der Waals surface area contributed by atoms with Crippen LogP contribution in [0, 0.1) is 0 Å². The van der Waals surface area contributed by atoms with E-state index in [1.54, 1.807) is 0 Å². The Balaban J connectivity index is 1.48. The van der Waals surface area contributed by atoms with Crippen molar-refractivity contribution in [3.05, 3.63) is 29.8 Å². The lowest BCUT2D eigenvalue weighted by molar-refractivity contribution is -0.124. The van der Waals surface area contributed by atoms with Crippen LogP contribution in [0.4, 0.5) is 0 Å². The predicted molar refractivity (Wildman–Crippen MR) is 103 cm³/mol. The van der Waals surface area contributed by atoms with E-state index in [0.29, 0.717) is 11.1 Å². The highest BCUT2D eigenvalue weighted by molar-refractivity contribution is 8.16. The van der Waals surface area contributed by atoms with E-state index in [1.807, 2.05) is 35.7 Å². The Labute approximate surface area is 152 Å². The average Bonchev–Trinajstić information content (AvgIpc) is 3.10. The molecule has 6 heteroatoms. The summed E-state index contributed by atoms with van der Waals surface area (Å²) in [6.07, 6.45) is 5.52. The maximum atomic E-state index is 12.2. The number of carbonyl (C=O) groups is 1. The molecule has 0 bridgehead atoms. The summed E-state index contributed by atoms with van der Waals surface area (Å²) >= 11 is 4.01. The van der Waals surface area contributed by atoms with E-state index in [2.05, 4.69) is 17.4 Å². The minimum Gasteiger partial charge on any atom is -0.484 e. The van der Waals surface area contributed by atoms with Crippen LogP contribution in [0.15, 0.2) is 24.3 Å². The topological polar surface area (TPSA) is 64.3 Å². The molecule has 0 atom stereocenters. The van der Waals surface area contributed by atoms with Gasteiger partial charge in [0.25, 0.3) is 5.91 Å². The van der Waals surface area contributed by atoms with Crippen molar-refractivity contribution in [1.82, 2.24) is 5.32 Å². The Bertz CT molecular complexity index is 538. The van der Waals surface area contributed by atoms with E-state index in [4.69, 9.17) is 10.5 Å². The highest BCUT2D eigenvalue weighted by atomic mass is 32.2. The van der Waals surface area contributed by atoms with E-state index < -0.39 is 0 Å². The third kappa shape index (κ3) is 4.61. The van der Waals surface area contributed by atoms with Crippen LogP contribution >= 0.6 is 23.5 Å². The van der Waals surface area contributed by atoms with E-state index in [9.17, 15) is 4.79 Å². The quantitative estimate of drug-likeness (QED) is 0.808. The van der Waals surface area contributed by atoms with E-state index in [0.717, 1.165) is 31.4 Å². The molecule has 4 nitrogen and oxygen atoms in total. The number of carbonyl (C=O) groups excluding carboxylic acids is 1. The number of hydrogen-bond donors (Lipinski definition) is 2. The minimum atomic E-state index is -0.209. The molecular weight excluding hydrogens is 340 g/mol. The van der Waals surface area contributed by atoms with E-state index >= 15 is 0 Å². The van der Waals surface area contributed by atoms with Gasteiger partial charge in [0.15, 0.2) is 6.61 Å². The summed E-state index contributed by atoms with van der Waals surface area (Å²) in [6.45, 7) is 0.554. The molecule has 132 valence electrons. The number of ether oxygens (including phenoxy) is 1. The van der Waals surface area contributed by atoms with Crippen LogP contribution in [-0.4, -0.2) is 36.1 Å². The summed E-state index contributed by atoms with van der Waals surface area (Å²) in [5.41, 5.74) is 6.97. The van der Waals surface area contributed by atoms with Crippen LogP contribution in [0.1, 0.15) is 42.2 Å². The van der Waals surface area contributed by atoms with Gasteiger partial charge >= 0.3 is 0 Å². The van der Waals surface area contributed by atoms with Crippen LogP contribution in [0.3, 0.4) is 0 Å². The normalized spacial score (nSPS) is 20.7. The number of thioether (sulfide) groups is 2. The van der Waals surface area contributed by atoms with Crippen molar-refractivity contribution >= 4 is 29.4 Å². The van der Waals surface area contributed by atoms with Crippen molar-refractivity contribution < 1.29 is 9.53 Å². The van der Waals surface area contributed by atoms with Crippen LogP contribution < -0.4 is 15.8 Å². The number of benzene rings is 1. The summed E-state index contributed by atoms with van der Waals surface area (Å²) in [6, 6.07) is 8.16. The predicted octanol–water partition coefficient (Wildman–Crippen LogP) is 3.32. The Morgan fingerprint density at radius 1 is 1.17 bits per heavy atom. The summed E-state index contributed by atoms with van der Waals surface area (Å²) < 4.78 is 6.17. The summed E-state index contributed by atoms with van der Waals surface area (Å²) in [7, 11) is 0. The molecule has 1 aromatic rings. The monoisotopic (exact) mass is 366 g/mol. The fourth-order valence-corrected chi connectivity index (χ4v) is 6.21. The van der Waals surface area contributed by atoms with Crippen molar-refractivity contribution in [2.24, 2.45) is 5.73 Å². The summed E-state index contributed by atoms with van der Waals surface area (Å²) in [5, 5.41) is 3.08. The zero-order chi connectivity index (χ0) is 16.8. The molecule has 0 spiro atoms. The molecule has 2 fully saturated rings. The SMILES string of the molecule is NCC1(NC(=O)COc2ccc(C3SCCCS3)cc2)CCCC1. The van der Waals surface area contributed by atoms with Gasteiger partial charge in [-0.3, -0.25) is 4.79 Å². The van der Waals surface area contributed by atoms with E-state index in [-0.39, 0.29) is 18.1 Å². The third-order valence-corrected chi connectivity index (χ3v) is 7.72. The van der Waals surface area contributed by atoms with Crippen LogP contribution in [0.5, 0.6) is 5.75 Å². The van der Waals surface area contributed by atoms with Gasteiger partial charge < -0.3 is 15.8 Å². The van der Waals surface area contributed by atoms with E-state index in [1.165, 1.54) is 23.5 Å². The molecule has 0 aromatic heterocycles.